The number of carbonyl (C=O) groups is 2. The van der Waals surface area contributed by atoms with E-state index in [2.05, 4.69) is 11.4 Å². The SMILES string of the molecule is COc1ccc(CN2CCC(NC(=O)COc3ccc4c(c3)CCC4)C2=O)cc1. The Balaban J connectivity index is 1.26. The number of benzene rings is 2. The number of nitrogens with zero attached hydrogens (tertiary/aromatic N) is 1. The molecule has 0 radical (unpaired) electrons. The Labute approximate surface area is 170 Å². The second-order valence-corrected chi connectivity index (χ2v) is 7.59. The summed E-state index contributed by atoms with van der Waals surface area (Å²) in [6, 6.07) is 13.2. The molecule has 1 fully saturated rings. The molecule has 1 saturated heterocycles. The average molecular weight is 394 g/mol. The van der Waals surface area contributed by atoms with Gasteiger partial charge >= 0.3 is 0 Å². The van der Waals surface area contributed by atoms with Gasteiger partial charge in [0.05, 0.1) is 7.11 Å². The van der Waals surface area contributed by atoms with Gasteiger partial charge in [0.15, 0.2) is 6.61 Å². The normalized spacial score (nSPS) is 17.9. The van der Waals surface area contributed by atoms with Crippen molar-refractivity contribution in [1.29, 1.82) is 0 Å². The smallest absolute Gasteiger partial charge is 0.258 e. The van der Waals surface area contributed by atoms with Gasteiger partial charge in [-0.2, -0.15) is 0 Å². The second kappa shape index (κ2) is 8.55. The van der Waals surface area contributed by atoms with Gasteiger partial charge in [-0.15, -0.1) is 0 Å². The molecule has 0 spiro atoms. The van der Waals surface area contributed by atoms with E-state index in [1.807, 2.05) is 36.4 Å². The van der Waals surface area contributed by atoms with E-state index in [1.165, 1.54) is 17.5 Å². The van der Waals surface area contributed by atoms with E-state index in [0.717, 1.165) is 24.2 Å². The molecule has 1 unspecified atom stereocenters. The maximum atomic E-state index is 12.6. The molecule has 4 rings (SSSR count). The van der Waals surface area contributed by atoms with Crippen molar-refractivity contribution in [3.63, 3.8) is 0 Å². The van der Waals surface area contributed by atoms with Crippen LogP contribution in [-0.4, -0.2) is 43.0 Å². The second-order valence-electron chi connectivity index (χ2n) is 7.59. The molecule has 2 aromatic carbocycles. The minimum atomic E-state index is -0.482. The lowest BCUT2D eigenvalue weighted by Gasteiger charge is -2.17. The zero-order chi connectivity index (χ0) is 20.2. The summed E-state index contributed by atoms with van der Waals surface area (Å²) in [5.74, 6) is 1.18. The Morgan fingerprint density at radius 2 is 1.86 bits per heavy atom. The van der Waals surface area contributed by atoms with Gasteiger partial charge in [0, 0.05) is 13.1 Å². The summed E-state index contributed by atoms with van der Waals surface area (Å²) in [6.07, 6.45) is 3.97. The summed E-state index contributed by atoms with van der Waals surface area (Å²) in [7, 11) is 1.63. The molecule has 0 bridgehead atoms. The van der Waals surface area contributed by atoms with E-state index in [-0.39, 0.29) is 18.4 Å². The van der Waals surface area contributed by atoms with Crippen LogP contribution in [0.5, 0.6) is 11.5 Å². The molecule has 29 heavy (non-hydrogen) atoms. The zero-order valence-electron chi connectivity index (χ0n) is 16.6. The van der Waals surface area contributed by atoms with Crippen molar-refractivity contribution < 1.29 is 19.1 Å². The van der Waals surface area contributed by atoms with Crippen LogP contribution in [0.15, 0.2) is 42.5 Å². The van der Waals surface area contributed by atoms with Gasteiger partial charge in [0.25, 0.3) is 5.91 Å². The van der Waals surface area contributed by atoms with Gasteiger partial charge in [-0.05, 0) is 66.6 Å². The van der Waals surface area contributed by atoms with Crippen LogP contribution in [0.1, 0.15) is 29.5 Å². The molecule has 2 amide bonds. The largest absolute Gasteiger partial charge is 0.497 e. The van der Waals surface area contributed by atoms with E-state index < -0.39 is 6.04 Å². The van der Waals surface area contributed by atoms with Crippen LogP contribution < -0.4 is 14.8 Å². The number of fused-ring (bicyclic) bond motifs is 1. The summed E-state index contributed by atoms with van der Waals surface area (Å²) in [6.45, 7) is 1.07. The van der Waals surface area contributed by atoms with Crippen molar-refractivity contribution in [2.45, 2.75) is 38.3 Å². The Bertz CT molecular complexity index is 894. The fraction of sp³-hybridized carbons (Fsp3) is 0.391. The fourth-order valence-electron chi connectivity index (χ4n) is 4.00. The predicted octanol–water partition coefficient (Wildman–Crippen LogP) is 2.48. The Hall–Kier alpha value is -3.02. The van der Waals surface area contributed by atoms with Gasteiger partial charge in [-0.25, -0.2) is 0 Å². The van der Waals surface area contributed by atoms with Gasteiger partial charge < -0.3 is 19.7 Å². The molecular formula is C23H26N2O4. The summed E-state index contributed by atoms with van der Waals surface area (Å²) >= 11 is 0. The first-order valence-electron chi connectivity index (χ1n) is 10.1. The monoisotopic (exact) mass is 394 g/mol. The highest BCUT2D eigenvalue weighted by Gasteiger charge is 2.32. The highest BCUT2D eigenvalue weighted by Crippen LogP contribution is 2.26. The molecule has 6 nitrogen and oxygen atoms in total. The van der Waals surface area contributed by atoms with Crippen molar-refractivity contribution in [3.8, 4) is 11.5 Å². The number of hydrogen-bond acceptors (Lipinski definition) is 4. The van der Waals surface area contributed by atoms with E-state index in [0.29, 0.717) is 25.3 Å². The zero-order valence-corrected chi connectivity index (χ0v) is 16.6. The summed E-state index contributed by atoms with van der Waals surface area (Å²) in [5, 5.41) is 2.81. The molecule has 1 N–H and O–H groups in total. The number of methoxy groups -OCH3 is 1. The highest BCUT2D eigenvalue weighted by atomic mass is 16.5. The van der Waals surface area contributed by atoms with Crippen molar-refractivity contribution in [3.05, 3.63) is 59.2 Å². The number of carbonyl (C=O) groups excluding carboxylic acids is 2. The van der Waals surface area contributed by atoms with Gasteiger partial charge in [0.1, 0.15) is 17.5 Å². The predicted molar refractivity (Wildman–Crippen MR) is 109 cm³/mol. The first-order chi connectivity index (χ1) is 14.1. The molecule has 2 aromatic rings. The number of aryl methyl sites for hydroxylation is 2. The van der Waals surface area contributed by atoms with Crippen LogP contribution in [0.2, 0.25) is 0 Å². The lowest BCUT2D eigenvalue weighted by atomic mass is 10.1. The third kappa shape index (κ3) is 4.53. The number of hydrogen-bond donors (Lipinski definition) is 1. The van der Waals surface area contributed by atoms with Crippen molar-refractivity contribution in [2.75, 3.05) is 20.3 Å². The average Bonchev–Trinajstić information content (AvgIpc) is 3.34. The summed E-state index contributed by atoms with van der Waals surface area (Å²) in [5.41, 5.74) is 3.71. The minimum Gasteiger partial charge on any atom is -0.497 e. The minimum absolute atomic E-state index is 0.0494. The molecule has 0 saturated carbocycles. The number of amides is 2. The number of nitrogens with one attached hydrogen (secondary N) is 1. The van der Waals surface area contributed by atoms with E-state index in [1.54, 1.807) is 12.0 Å². The molecule has 152 valence electrons. The lowest BCUT2D eigenvalue weighted by Crippen LogP contribution is -2.43. The third-order valence-corrected chi connectivity index (χ3v) is 5.61. The van der Waals surface area contributed by atoms with Gasteiger partial charge in [-0.3, -0.25) is 9.59 Å². The molecule has 1 aliphatic heterocycles. The Morgan fingerprint density at radius 1 is 1.10 bits per heavy atom. The summed E-state index contributed by atoms with van der Waals surface area (Å²) in [4.78, 5) is 26.7. The maximum Gasteiger partial charge on any atom is 0.258 e. The van der Waals surface area contributed by atoms with Crippen molar-refractivity contribution >= 4 is 11.8 Å². The van der Waals surface area contributed by atoms with Crippen molar-refractivity contribution in [1.82, 2.24) is 10.2 Å². The lowest BCUT2D eigenvalue weighted by molar-refractivity contribution is -0.133. The van der Waals surface area contributed by atoms with Crippen LogP contribution >= 0.6 is 0 Å². The molecule has 0 aromatic heterocycles. The van der Waals surface area contributed by atoms with E-state index >= 15 is 0 Å². The number of likely N-dealkylation sites (tertiary alicyclic amines) is 1. The van der Waals surface area contributed by atoms with Crippen LogP contribution in [-0.2, 0) is 29.0 Å². The molecule has 6 heteroatoms. The van der Waals surface area contributed by atoms with E-state index in [9.17, 15) is 9.59 Å². The van der Waals surface area contributed by atoms with Crippen LogP contribution in [0.3, 0.4) is 0 Å². The first-order valence-corrected chi connectivity index (χ1v) is 10.1. The van der Waals surface area contributed by atoms with Crippen LogP contribution in [0, 0.1) is 0 Å². The van der Waals surface area contributed by atoms with Crippen LogP contribution in [0.25, 0.3) is 0 Å². The quantitative estimate of drug-likeness (QED) is 0.784. The van der Waals surface area contributed by atoms with Crippen molar-refractivity contribution in [2.24, 2.45) is 0 Å². The molecule has 1 aliphatic carbocycles. The molecular weight excluding hydrogens is 368 g/mol. The summed E-state index contributed by atoms with van der Waals surface area (Å²) < 4.78 is 10.8. The third-order valence-electron chi connectivity index (χ3n) is 5.61. The highest BCUT2D eigenvalue weighted by molar-refractivity contribution is 5.89. The standard InChI is InChI=1S/C23H26N2O4/c1-28-19-8-5-16(6-9-19)14-25-12-11-21(23(25)27)24-22(26)15-29-20-10-7-17-3-2-4-18(17)13-20/h5-10,13,21H,2-4,11-12,14-15H2,1H3,(H,24,26). The number of rotatable bonds is 7. The first kappa shape index (κ1) is 19.3. The number of ether oxygens (including phenoxy) is 2. The molecule has 1 atom stereocenters. The van der Waals surface area contributed by atoms with E-state index in [4.69, 9.17) is 9.47 Å². The Kier molecular flexibility index (Phi) is 5.69. The fourth-order valence-corrected chi connectivity index (χ4v) is 4.00. The molecule has 1 heterocycles. The Morgan fingerprint density at radius 3 is 2.66 bits per heavy atom. The molecule has 2 aliphatic rings. The van der Waals surface area contributed by atoms with Gasteiger partial charge in [-0.1, -0.05) is 18.2 Å². The van der Waals surface area contributed by atoms with Gasteiger partial charge in [0.2, 0.25) is 5.91 Å². The maximum absolute atomic E-state index is 12.6. The van der Waals surface area contributed by atoms with Crippen LogP contribution in [0.4, 0.5) is 0 Å². The topological polar surface area (TPSA) is 67.9 Å².